The first-order chi connectivity index (χ1) is 9.95. The SMILES string of the molecule is CC(C)(N)C(=O)N1CCN(c2nc3ccccc3o2)CC1.Cl.Cl. The van der Waals surface area contributed by atoms with Crippen molar-refractivity contribution in [2.45, 2.75) is 19.4 Å². The van der Waals surface area contributed by atoms with Gasteiger partial charge in [0.15, 0.2) is 5.58 Å². The minimum Gasteiger partial charge on any atom is -0.423 e. The molecule has 2 aromatic rings. The lowest BCUT2D eigenvalue weighted by Crippen LogP contribution is -2.57. The van der Waals surface area contributed by atoms with Crippen LogP contribution in [0, 0.1) is 0 Å². The second-order valence-corrected chi connectivity index (χ2v) is 5.97. The van der Waals surface area contributed by atoms with Gasteiger partial charge in [-0.25, -0.2) is 0 Å². The topological polar surface area (TPSA) is 75.6 Å². The molecule has 2 N–H and O–H groups in total. The molecule has 0 atom stereocenters. The number of amides is 1. The summed E-state index contributed by atoms with van der Waals surface area (Å²) in [6.45, 7) is 6.16. The Kier molecular flexibility index (Phi) is 6.27. The second kappa shape index (κ2) is 7.38. The number of carbonyl (C=O) groups is 1. The van der Waals surface area contributed by atoms with E-state index in [9.17, 15) is 4.79 Å². The number of oxazole rings is 1. The van der Waals surface area contributed by atoms with Gasteiger partial charge in [-0.2, -0.15) is 4.98 Å². The predicted molar refractivity (Wildman–Crippen MR) is 95.6 cm³/mol. The van der Waals surface area contributed by atoms with E-state index in [4.69, 9.17) is 10.2 Å². The second-order valence-electron chi connectivity index (χ2n) is 5.97. The van der Waals surface area contributed by atoms with Crippen LogP contribution in [0.4, 0.5) is 6.01 Å². The number of anilines is 1. The Morgan fingerprint density at radius 1 is 1.17 bits per heavy atom. The standard InChI is InChI=1S/C15H20N4O2.2ClH/c1-15(2,16)13(20)18-7-9-19(10-8-18)14-17-11-5-3-4-6-12(11)21-14;;/h3-6H,7-10,16H2,1-2H3;2*1H. The van der Waals surface area contributed by atoms with Crippen LogP contribution in [0.15, 0.2) is 28.7 Å². The zero-order valence-corrected chi connectivity index (χ0v) is 14.8. The highest BCUT2D eigenvalue weighted by Crippen LogP contribution is 2.22. The number of piperazine rings is 1. The molecule has 6 nitrogen and oxygen atoms in total. The molecule has 2 heterocycles. The molecule has 8 heteroatoms. The first kappa shape index (κ1) is 19.5. The first-order valence-corrected chi connectivity index (χ1v) is 7.14. The summed E-state index contributed by atoms with van der Waals surface area (Å²) in [6, 6.07) is 8.32. The summed E-state index contributed by atoms with van der Waals surface area (Å²) in [5.41, 5.74) is 6.69. The molecule has 128 valence electrons. The first-order valence-electron chi connectivity index (χ1n) is 7.14. The zero-order chi connectivity index (χ0) is 15.0. The normalized spacial score (nSPS) is 15.1. The van der Waals surface area contributed by atoms with Gasteiger partial charge < -0.3 is 20.0 Å². The number of aromatic nitrogens is 1. The molecule has 1 fully saturated rings. The zero-order valence-electron chi connectivity index (χ0n) is 13.2. The van der Waals surface area contributed by atoms with E-state index in [0.717, 1.165) is 11.1 Å². The van der Waals surface area contributed by atoms with Gasteiger partial charge >= 0.3 is 0 Å². The Bertz CT molecular complexity index is 628. The maximum Gasteiger partial charge on any atom is 0.298 e. The van der Waals surface area contributed by atoms with Crippen molar-refractivity contribution in [1.29, 1.82) is 0 Å². The van der Waals surface area contributed by atoms with Crippen LogP contribution in [-0.4, -0.2) is 47.5 Å². The molecule has 1 amide bonds. The van der Waals surface area contributed by atoms with Crippen LogP contribution in [0.25, 0.3) is 11.1 Å². The minimum absolute atomic E-state index is 0. The highest BCUT2D eigenvalue weighted by atomic mass is 35.5. The van der Waals surface area contributed by atoms with E-state index >= 15 is 0 Å². The molecule has 0 spiro atoms. The van der Waals surface area contributed by atoms with E-state index in [-0.39, 0.29) is 30.7 Å². The number of hydrogen-bond donors (Lipinski definition) is 1. The molecule has 1 aromatic carbocycles. The molecular formula is C15H22Cl2N4O2. The molecule has 0 unspecified atom stereocenters. The minimum atomic E-state index is -0.820. The van der Waals surface area contributed by atoms with Crippen LogP contribution in [0.3, 0.4) is 0 Å². The van der Waals surface area contributed by atoms with Crippen molar-refractivity contribution in [2.24, 2.45) is 5.73 Å². The van der Waals surface area contributed by atoms with Crippen LogP contribution in [0.5, 0.6) is 0 Å². The van der Waals surface area contributed by atoms with Gasteiger partial charge in [-0.05, 0) is 26.0 Å². The van der Waals surface area contributed by atoms with Crippen molar-refractivity contribution in [3.05, 3.63) is 24.3 Å². The monoisotopic (exact) mass is 360 g/mol. The summed E-state index contributed by atoms with van der Waals surface area (Å²) in [7, 11) is 0. The fourth-order valence-corrected chi connectivity index (χ4v) is 2.50. The fraction of sp³-hybridized carbons (Fsp3) is 0.467. The summed E-state index contributed by atoms with van der Waals surface area (Å²) < 4.78 is 5.76. The van der Waals surface area contributed by atoms with Crippen molar-refractivity contribution in [2.75, 3.05) is 31.1 Å². The third-order valence-corrected chi connectivity index (χ3v) is 3.67. The summed E-state index contributed by atoms with van der Waals surface area (Å²) in [4.78, 5) is 20.5. The number of halogens is 2. The van der Waals surface area contributed by atoms with Gasteiger partial charge in [0.25, 0.3) is 6.01 Å². The molecule has 1 saturated heterocycles. The number of fused-ring (bicyclic) bond motifs is 1. The highest BCUT2D eigenvalue weighted by Gasteiger charge is 2.31. The number of rotatable bonds is 2. The van der Waals surface area contributed by atoms with Crippen molar-refractivity contribution < 1.29 is 9.21 Å². The quantitative estimate of drug-likeness (QED) is 0.886. The smallest absolute Gasteiger partial charge is 0.298 e. The van der Waals surface area contributed by atoms with E-state index in [0.29, 0.717) is 32.2 Å². The van der Waals surface area contributed by atoms with Crippen LogP contribution in [0.1, 0.15) is 13.8 Å². The number of carbonyl (C=O) groups excluding carboxylic acids is 1. The number of para-hydroxylation sites is 2. The lowest BCUT2D eigenvalue weighted by atomic mass is 10.1. The number of benzene rings is 1. The molecule has 3 rings (SSSR count). The fourth-order valence-electron chi connectivity index (χ4n) is 2.50. The van der Waals surface area contributed by atoms with Crippen LogP contribution >= 0.6 is 24.8 Å². The van der Waals surface area contributed by atoms with Crippen LogP contribution in [0.2, 0.25) is 0 Å². The number of hydrogen-bond acceptors (Lipinski definition) is 5. The van der Waals surface area contributed by atoms with Gasteiger partial charge in [0.2, 0.25) is 5.91 Å². The third-order valence-electron chi connectivity index (χ3n) is 3.67. The molecule has 0 aliphatic carbocycles. The van der Waals surface area contributed by atoms with Crippen LogP contribution < -0.4 is 10.6 Å². The molecule has 23 heavy (non-hydrogen) atoms. The summed E-state index contributed by atoms with van der Waals surface area (Å²) in [5.74, 6) is -0.0142. The molecular weight excluding hydrogens is 339 g/mol. The van der Waals surface area contributed by atoms with E-state index in [1.165, 1.54) is 0 Å². The van der Waals surface area contributed by atoms with E-state index < -0.39 is 5.54 Å². The molecule has 1 aliphatic rings. The molecule has 0 radical (unpaired) electrons. The lowest BCUT2D eigenvalue weighted by molar-refractivity contribution is -0.136. The molecule has 1 aliphatic heterocycles. The van der Waals surface area contributed by atoms with Crippen molar-refractivity contribution in [3.63, 3.8) is 0 Å². The largest absolute Gasteiger partial charge is 0.423 e. The van der Waals surface area contributed by atoms with Crippen molar-refractivity contribution in [3.8, 4) is 0 Å². The molecule has 1 aromatic heterocycles. The average Bonchev–Trinajstić information content (AvgIpc) is 2.89. The maximum atomic E-state index is 12.1. The summed E-state index contributed by atoms with van der Waals surface area (Å²) in [6.07, 6.45) is 0. The Labute approximate surface area is 147 Å². The van der Waals surface area contributed by atoms with Gasteiger partial charge in [-0.3, -0.25) is 4.79 Å². The average molecular weight is 361 g/mol. The van der Waals surface area contributed by atoms with Gasteiger partial charge in [0.05, 0.1) is 5.54 Å². The van der Waals surface area contributed by atoms with E-state index in [1.807, 2.05) is 24.3 Å². The van der Waals surface area contributed by atoms with Crippen molar-refractivity contribution in [1.82, 2.24) is 9.88 Å². The highest BCUT2D eigenvalue weighted by molar-refractivity contribution is 5.86. The van der Waals surface area contributed by atoms with Gasteiger partial charge in [0.1, 0.15) is 5.52 Å². The molecule has 0 saturated carbocycles. The Morgan fingerprint density at radius 3 is 2.35 bits per heavy atom. The van der Waals surface area contributed by atoms with E-state index in [2.05, 4.69) is 9.88 Å². The summed E-state index contributed by atoms with van der Waals surface area (Å²) >= 11 is 0. The number of nitrogens with two attached hydrogens (primary N) is 1. The Balaban J connectivity index is 0.00000132. The van der Waals surface area contributed by atoms with Crippen LogP contribution in [-0.2, 0) is 4.79 Å². The maximum absolute atomic E-state index is 12.1. The third kappa shape index (κ3) is 4.07. The molecule has 0 bridgehead atoms. The summed E-state index contributed by atoms with van der Waals surface area (Å²) in [5, 5.41) is 0. The Morgan fingerprint density at radius 2 is 1.78 bits per heavy atom. The van der Waals surface area contributed by atoms with Gasteiger partial charge in [0, 0.05) is 26.2 Å². The van der Waals surface area contributed by atoms with Crippen molar-refractivity contribution >= 4 is 47.8 Å². The van der Waals surface area contributed by atoms with Gasteiger partial charge in [-0.15, -0.1) is 24.8 Å². The Hall–Kier alpha value is -1.50. The number of nitrogens with zero attached hydrogens (tertiary/aromatic N) is 3. The van der Waals surface area contributed by atoms with E-state index in [1.54, 1.807) is 18.7 Å². The van der Waals surface area contributed by atoms with Gasteiger partial charge in [-0.1, -0.05) is 12.1 Å². The predicted octanol–water partition coefficient (Wildman–Crippen LogP) is 2.06. The lowest BCUT2D eigenvalue weighted by Gasteiger charge is -2.36.